The number of aryl methyl sites for hydroxylation is 1. The Balaban J connectivity index is 2.10. The summed E-state index contributed by atoms with van der Waals surface area (Å²) in [5.74, 6) is -0.952. The molecule has 0 spiro atoms. The SMILES string of the molecule is Cc1ccc(NC(=O)N2CSCC2C(=O)O)c(F)c1. The summed E-state index contributed by atoms with van der Waals surface area (Å²) < 4.78 is 13.6. The normalized spacial score (nSPS) is 18.4. The van der Waals surface area contributed by atoms with Gasteiger partial charge in [-0.15, -0.1) is 11.8 Å². The van der Waals surface area contributed by atoms with Crippen LogP contribution in [-0.4, -0.2) is 39.7 Å². The molecule has 19 heavy (non-hydrogen) atoms. The standard InChI is InChI=1S/C12H13FN2O3S/c1-7-2-3-9(8(13)4-7)14-12(18)15-6-19-5-10(15)11(16)17/h2-4,10H,5-6H2,1H3,(H,14,18)(H,16,17). The smallest absolute Gasteiger partial charge is 0.327 e. The number of benzene rings is 1. The van der Waals surface area contributed by atoms with Gasteiger partial charge in [-0.1, -0.05) is 6.07 Å². The van der Waals surface area contributed by atoms with Gasteiger partial charge < -0.3 is 15.3 Å². The first-order valence-corrected chi connectivity index (χ1v) is 6.79. The first-order valence-electron chi connectivity index (χ1n) is 5.63. The van der Waals surface area contributed by atoms with E-state index in [1.807, 2.05) is 0 Å². The molecule has 7 heteroatoms. The molecule has 0 saturated carbocycles. The van der Waals surface area contributed by atoms with Crippen LogP contribution in [0, 0.1) is 12.7 Å². The number of carbonyl (C=O) groups is 2. The Kier molecular flexibility index (Phi) is 3.94. The van der Waals surface area contributed by atoms with Crippen molar-refractivity contribution in [3.05, 3.63) is 29.6 Å². The van der Waals surface area contributed by atoms with Crippen molar-refractivity contribution in [2.75, 3.05) is 16.9 Å². The molecular weight excluding hydrogens is 271 g/mol. The molecule has 1 aromatic rings. The van der Waals surface area contributed by atoms with Crippen LogP contribution in [0.4, 0.5) is 14.9 Å². The third-order valence-electron chi connectivity index (χ3n) is 2.79. The summed E-state index contributed by atoms with van der Waals surface area (Å²) in [6.07, 6.45) is 0. The van der Waals surface area contributed by atoms with Gasteiger partial charge in [0.15, 0.2) is 0 Å². The molecule has 0 bridgehead atoms. The van der Waals surface area contributed by atoms with E-state index in [1.54, 1.807) is 13.0 Å². The summed E-state index contributed by atoms with van der Waals surface area (Å²) >= 11 is 1.35. The maximum atomic E-state index is 13.6. The summed E-state index contributed by atoms with van der Waals surface area (Å²) in [6, 6.07) is 2.98. The number of carbonyl (C=O) groups excluding carboxylic acids is 1. The number of halogens is 1. The van der Waals surface area contributed by atoms with E-state index >= 15 is 0 Å². The van der Waals surface area contributed by atoms with E-state index in [9.17, 15) is 14.0 Å². The fourth-order valence-corrected chi connectivity index (χ4v) is 2.90. The van der Waals surface area contributed by atoms with Crippen molar-refractivity contribution in [3.8, 4) is 0 Å². The molecule has 1 heterocycles. The van der Waals surface area contributed by atoms with E-state index in [2.05, 4.69) is 5.32 Å². The molecule has 2 rings (SSSR count). The molecule has 1 fully saturated rings. The Bertz CT molecular complexity index is 524. The van der Waals surface area contributed by atoms with E-state index in [0.717, 1.165) is 5.56 Å². The molecule has 1 unspecified atom stereocenters. The highest BCUT2D eigenvalue weighted by Gasteiger charge is 2.34. The van der Waals surface area contributed by atoms with Crippen LogP contribution < -0.4 is 5.32 Å². The number of amides is 2. The fraction of sp³-hybridized carbons (Fsp3) is 0.333. The van der Waals surface area contributed by atoms with Crippen molar-refractivity contribution in [1.29, 1.82) is 0 Å². The molecule has 102 valence electrons. The van der Waals surface area contributed by atoms with Gasteiger partial charge in [-0.05, 0) is 24.6 Å². The number of hydrogen-bond acceptors (Lipinski definition) is 3. The molecular formula is C12H13FN2O3S. The quantitative estimate of drug-likeness (QED) is 0.873. The molecule has 1 aliphatic heterocycles. The van der Waals surface area contributed by atoms with Gasteiger partial charge in [0.1, 0.15) is 11.9 Å². The highest BCUT2D eigenvalue weighted by molar-refractivity contribution is 7.99. The Labute approximate surface area is 113 Å². The molecule has 0 aliphatic carbocycles. The van der Waals surface area contributed by atoms with Crippen molar-refractivity contribution in [1.82, 2.24) is 4.90 Å². The zero-order chi connectivity index (χ0) is 14.0. The Morgan fingerprint density at radius 2 is 2.26 bits per heavy atom. The minimum Gasteiger partial charge on any atom is -0.480 e. The fourth-order valence-electron chi connectivity index (χ4n) is 1.76. The van der Waals surface area contributed by atoms with Crippen LogP contribution >= 0.6 is 11.8 Å². The van der Waals surface area contributed by atoms with Gasteiger partial charge in [0.05, 0.1) is 11.6 Å². The lowest BCUT2D eigenvalue weighted by Gasteiger charge is -2.21. The molecule has 5 nitrogen and oxygen atoms in total. The molecule has 1 saturated heterocycles. The van der Waals surface area contributed by atoms with Crippen LogP contribution in [0.3, 0.4) is 0 Å². The monoisotopic (exact) mass is 284 g/mol. The molecule has 0 radical (unpaired) electrons. The molecule has 2 N–H and O–H groups in total. The summed E-state index contributed by atoms with van der Waals surface area (Å²) in [6.45, 7) is 1.74. The highest BCUT2D eigenvalue weighted by Crippen LogP contribution is 2.23. The van der Waals surface area contributed by atoms with E-state index in [1.165, 1.54) is 28.8 Å². The Hall–Kier alpha value is -1.76. The third kappa shape index (κ3) is 2.98. The van der Waals surface area contributed by atoms with Crippen LogP contribution in [0.5, 0.6) is 0 Å². The van der Waals surface area contributed by atoms with Crippen LogP contribution in [0.25, 0.3) is 0 Å². The first-order chi connectivity index (χ1) is 8.99. The van der Waals surface area contributed by atoms with Crippen LogP contribution in [0.2, 0.25) is 0 Å². The Morgan fingerprint density at radius 1 is 1.53 bits per heavy atom. The number of urea groups is 1. The minimum atomic E-state index is -1.05. The van der Waals surface area contributed by atoms with Crippen molar-refractivity contribution >= 4 is 29.4 Å². The lowest BCUT2D eigenvalue weighted by Crippen LogP contribution is -2.44. The number of hydrogen-bond donors (Lipinski definition) is 2. The molecule has 1 atom stereocenters. The number of nitrogens with zero attached hydrogens (tertiary/aromatic N) is 1. The van der Waals surface area contributed by atoms with Gasteiger partial charge in [-0.3, -0.25) is 0 Å². The molecule has 2 amide bonds. The second kappa shape index (κ2) is 5.48. The number of rotatable bonds is 2. The summed E-state index contributed by atoms with van der Waals surface area (Å²) in [5.41, 5.74) is 0.798. The molecule has 1 aromatic carbocycles. The largest absolute Gasteiger partial charge is 0.480 e. The van der Waals surface area contributed by atoms with Gasteiger partial charge in [0.2, 0.25) is 0 Å². The van der Waals surface area contributed by atoms with E-state index in [4.69, 9.17) is 5.11 Å². The lowest BCUT2D eigenvalue weighted by atomic mass is 10.2. The average molecular weight is 284 g/mol. The minimum absolute atomic E-state index is 0.0524. The van der Waals surface area contributed by atoms with E-state index in [0.29, 0.717) is 5.75 Å². The van der Waals surface area contributed by atoms with Crippen LogP contribution in [0.15, 0.2) is 18.2 Å². The number of carboxylic acids is 1. The number of nitrogens with one attached hydrogen (secondary N) is 1. The van der Waals surface area contributed by atoms with Crippen LogP contribution in [-0.2, 0) is 4.79 Å². The summed E-state index contributed by atoms with van der Waals surface area (Å²) in [5, 5.41) is 11.4. The number of carboxylic acid groups (broad SMARTS) is 1. The maximum absolute atomic E-state index is 13.6. The number of thioether (sulfide) groups is 1. The third-order valence-corrected chi connectivity index (χ3v) is 3.81. The summed E-state index contributed by atoms with van der Waals surface area (Å²) in [4.78, 5) is 24.1. The van der Waals surface area contributed by atoms with Crippen LogP contribution in [0.1, 0.15) is 5.56 Å². The predicted molar refractivity (Wildman–Crippen MR) is 70.7 cm³/mol. The first kappa shape index (κ1) is 13.7. The predicted octanol–water partition coefficient (Wildman–Crippen LogP) is 2.13. The molecule has 0 aromatic heterocycles. The average Bonchev–Trinajstić information content (AvgIpc) is 2.82. The second-order valence-corrected chi connectivity index (χ2v) is 5.24. The summed E-state index contributed by atoms with van der Waals surface area (Å²) in [7, 11) is 0. The topological polar surface area (TPSA) is 69.6 Å². The lowest BCUT2D eigenvalue weighted by molar-refractivity contribution is -0.140. The van der Waals surface area contributed by atoms with E-state index in [-0.39, 0.29) is 11.6 Å². The van der Waals surface area contributed by atoms with Crippen molar-refractivity contribution in [2.24, 2.45) is 0 Å². The van der Waals surface area contributed by atoms with Crippen molar-refractivity contribution in [2.45, 2.75) is 13.0 Å². The number of anilines is 1. The maximum Gasteiger partial charge on any atom is 0.327 e. The van der Waals surface area contributed by atoms with Crippen molar-refractivity contribution < 1.29 is 19.1 Å². The van der Waals surface area contributed by atoms with E-state index < -0.39 is 23.9 Å². The van der Waals surface area contributed by atoms with Gasteiger partial charge in [-0.25, -0.2) is 14.0 Å². The van der Waals surface area contributed by atoms with Gasteiger partial charge in [0, 0.05) is 5.75 Å². The second-order valence-electron chi connectivity index (χ2n) is 4.24. The van der Waals surface area contributed by atoms with Gasteiger partial charge in [0.25, 0.3) is 0 Å². The highest BCUT2D eigenvalue weighted by atomic mass is 32.2. The number of aliphatic carboxylic acids is 1. The zero-order valence-corrected chi connectivity index (χ0v) is 11.0. The molecule has 1 aliphatic rings. The zero-order valence-electron chi connectivity index (χ0n) is 10.2. The van der Waals surface area contributed by atoms with Gasteiger partial charge in [-0.2, -0.15) is 0 Å². The van der Waals surface area contributed by atoms with Crippen molar-refractivity contribution in [3.63, 3.8) is 0 Å². The van der Waals surface area contributed by atoms with Gasteiger partial charge >= 0.3 is 12.0 Å². The Morgan fingerprint density at radius 3 is 2.89 bits per heavy atom.